The Morgan fingerprint density at radius 3 is 2.49 bits per heavy atom. The largest absolute Gasteiger partial charge is 0.476 e. The highest BCUT2D eigenvalue weighted by Gasteiger charge is 2.38. The van der Waals surface area contributed by atoms with Crippen molar-refractivity contribution in [2.24, 2.45) is 0 Å². The zero-order valence-corrected chi connectivity index (χ0v) is 21.1. The van der Waals surface area contributed by atoms with E-state index in [1.54, 1.807) is 29.2 Å². The zero-order valence-electron chi connectivity index (χ0n) is 19.5. The number of unbranched alkanes of at least 4 members (excludes halogenated alkanes) is 1. The number of rotatable bonds is 8. The third kappa shape index (κ3) is 5.65. The minimum atomic E-state index is -4.13. The van der Waals surface area contributed by atoms with E-state index in [1.165, 1.54) is 17.4 Å². The summed E-state index contributed by atoms with van der Waals surface area (Å²) in [6, 6.07) is 10.7. The van der Waals surface area contributed by atoms with Crippen LogP contribution in [0, 0.1) is 0 Å². The standard InChI is InChI=1S/C23H27FN2O7S2/c1-4-5-9-17-14-26(16-10-7-6-8-11-16)19-12-22(34(3,29)30)20(33-15-18(24)23(27)28)13-21(19)35(31,32)25(17)2/h6-8,10-13,15,17H,4-5,9,14H2,1-3H3,(H,27,28)/b18-15-. The lowest BCUT2D eigenvalue weighted by Crippen LogP contribution is -2.40. The molecule has 9 nitrogen and oxygen atoms in total. The van der Waals surface area contributed by atoms with E-state index < -0.39 is 48.3 Å². The number of carbonyl (C=O) groups is 1. The number of nitrogens with zero attached hydrogens (tertiary/aromatic N) is 2. The van der Waals surface area contributed by atoms with E-state index in [1.807, 2.05) is 13.0 Å². The van der Waals surface area contributed by atoms with E-state index in [-0.39, 0.29) is 23.4 Å². The molecule has 1 aliphatic rings. The maximum atomic E-state index is 13.6. The number of fused-ring (bicyclic) bond motifs is 1. The molecule has 0 bridgehead atoms. The highest BCUT2D eigenvalue weighted by Crippen LogP contribution is 2.42. The molecule has 0 saturated carbocycles. The predicted molar refractivity (Wildman–Crippen MR) is 129 cm³/mol. The van der Waals surface area contributed by atoms with E-state index in [9.17, 15) is 26.0 Å². The second kappa shape index (κ2) is 10.3. The predicted octanol–water partition coefficient (Wildman–Crippen LogP) is 3.70. The first-order valence-corrected chi connectivity index (χ1v) is 14.2. The lowest BCUT2D eigenvalue weighted by molar-refractivity contribution is -0.134. The Morgan fingerprint density at radius 1 is 1.26 bits per heavy atom. The smallest absolute Gasteiger partial charge is 0.368 e. The second-order valence-corrected chi connectivity index (χ2v) is 12.1. The molecule has 1 atom stereocenters. The van der Waals surface area contributed by atoms with Gasteiger partial charge in [0.2, 0.25) is 15.9 Å². The molecule has 3 rings (SSSR count). The molecule has 0 aromatic heterocycles. The SMILES string of the molecule is CCCCC1CN(c2ccccc2)c2cc(S(C)(=O)=O)c(O/C=C(\F)C(=O)O)cc2S(=O)(=O)N1C. The third-order valence-electron chi connectivity index (χ3n) is 5.73. The van der Waals surface area contributed by atoms with Gasteiger partial charge in [0, 0.05) is 37.6 Å². The van der Waals surface area contributed by atoms with Crippen LogP contribution < -0.4 is 9.64 Å². The number of halogens is 1. The van der Waals surface area contributed by atoms with Gasteiger partial charge in [-0.15, -0.1) is 0 Å². The lowest BCUT2D eigenvalue weighted by Gasteiger charge is -2.29. The monoisotopic (exact) mass is 526 g/mol. The highest BCUT2D eigenvalue weighted by atomic mass is 32.2. The molecule has 0 amide bonds. The molecule has 0 fully saturated rings. The van der Waals surface area contributed by atoms with Gasteiger partial charge in [0.15, 0.2) is 9.84 Å². The summed E-state index contributed by atoms with van der Waals surface area (Å²) in [6.45, 7) is 2.27. The molecule has 0 spiro atoms. The summed E-state index contributed by atoms with van der Waals surface area (Å²) in [5, 5.41) is 8.75. The fourth-order valence-electron chi connectivity index (χ4n) is 3.84. The van der Waals surface area contributed by atoms with Crippen molar-refractivity contribution in [3.8, 4) is 5.75 Å². The van der Waals surface area contributed by atoms with E-state index >= 15 is 0 Å². The van der Waals surface area contributed by atoms with Crippen LogP contribution in [0.3, 0.4) is 0 Å². The minimum Gasteiger partial charge on any atom is -0.476 e. The molecule has 35 heavy (non-hydrogen) atoms. The van der Waals surface area contributed by atoms with Gasteiger partial charge in [-0.25, -0.2) is 21.6 Å². The molecule has 2 aromatic rings. The quantitative estimate of drug-likeness (QED) is 0.408. The second-order valence-electron chi connectivity index (χ2n) is 8.19. The van der Waals surface area contributed by atoms with E-state index in [2.05, 4.69) is 0 Å². The van der Waals surface area contributed by atoms with Crippen LogP contribution in [0.1, 0.15) is 26.2 Å². The maximum Gasteiger partial charge on any atom is 0.368 e. The first-order chi connectivity index (χ1) is 16.4. The summed E-state index contributed by atoms with van der Waals surface area (Å²) in [5.41, 5.74) is 0.781. The van der Waals surface area contributed by atoms with E-state index in [0.717, 1.165) is 25.2 Å². The fourth-order valence-corrected chi connectivity index (χ4v) is 6.20. The van der Waals surface area contributed by atoms with Crippen LogP contribution in [0.15, 0.2) is 64.3 Å². The van der Waals surface area contributed by atoms with Crippen LogP contribution in [0.25, 0.3) is 0 Å². The molecule has 2 aromatic carbocycles. The lowest BCUT2D eigenvalue weighted by atomic mass is 10.1. The molecular formula is C23H27FN2O7S2. The van der Waals surface area contributed by atoms with Crippen molar-refractivity contribution in [3.05, 3.63) is 54.6 Å². The number of para-hydroxylation sites is 1. The van der Waals surface area contributed by atoms with Gasteiger partial charge in [-0.05, 0) is 24.6 Å². The van der Waals surface area contributed by atoms with Gasteiger partial charge < -0.3 is 14.7 Å². The van der Waals surface area contributed by atoms with Crippen molar-refractivity contribution in [1.82, 2.24) is 4.31 Å². The summed E-state index contributed by atoms with van der Waals surface area (Å²) in [5.74, 6) is -4.09. The summed E-state index contributed by atoms with van der Waals surface area (Å²) in [4.78, 5) is 11.9. The van der Waals surface area contributed by atoms with Crippen LogP contribution in [-0.2, 0) is 24.7 Å². The number of sulfonamides is 1. The van der Waals surface area contributed by atoms with Gasteiger partial charge in [0.25, 0.3) is 0 Å². The maximum absolute atomic E-state index is 13.6. The average molecular weight is 527 g/mol. The molecule has 0 aliphatic carbocycles. The number of anilines is 2. The first kappa shape index (κ1) is 26.6. The first-order valence-electron chi connectivity index (χ1n) is 10.8. The number of carboxylic acid groups (broad SMARTS) is 1. The van der Waals surface area contributed by atoms with Crippen molar-refractivity contribution in [2.75, 3.05) is 24.7 Å². The number of benzene rings is 2. The Kier molecular flexibility index (Phi) is 7.87. The van der Waals surface area contributed by atoms with Crippen LogP contribution in [-0.4, -0.2) is 58.1 Å². The van der Waals surface area contributed by atoms with Crippen LogP contribution in [0.2, 0.25) is 0 Å². The van der Waals surface area contributed by atoms with Crippen LogP contribution in [0.4, 0.5) is 15.8 Å². The van der Waals surface area contributed by atoms with Gasteiger partial charge >= 0.3 is 5.97 Å². The fraction of sp³-hybridized carbons (Fsp3) is 0.348. The van der Waals surface area contributed by atoms with Gasteiger partial charge in [-0.1, -0.05) is 38.0 Å². The molecule has 1 unspecified atom stereocenters. The number of aliphatic carboxylic acids is 1. The Hall–Kier alpha value is -2.96. The number of likely N-dealkylation sites (N-methyl/N-ethyl adjacent to an activating group) is 1. The summed E-state index contributed by atoms with van der Waals surface area (Å²) < 4.78 is 72.3. The number of ether oxygens (including phenoxy) is 1. The Labute approximate surface area is 204 Å². The topological polar surface area (TPSA) is 121 Å². The molecule has 1 aliphatic heterocycles. The van der Waals surface area contributed by atoms with Crippen molar-refractivity contribution >= 4 is 37.2 Å². The van der Waals surface area contributed by atoms with Gasteiger partial charge in [0.1, 0.15) is 21.8 Å². The Balaban J connectivity index is 2.32. The normalized spacial score (nSPS) is 18.6. The summed E-state index contributed by atoms with van der Waals surface area (Å²) in [6.07, 6.45) is 3.35. The van der Waals surface area contributed by atoms with Crippen molar-refractivity contribution < 1.29 is 35.9 Å². The number of carboxylic acids is 1. The summed E-state index contributed by atoms with van der Waals surface area (Å²) in [7, 11) is -6.66. The van der Waals surface area contributed by atoms with Crippen LogP contribution in [0.5, 0.6) is 5.75 Å². The highest BCUT2D eigenvalue weighted by molar-refractivity contribution is 7.91. The van der Waals surface area contributed by atoms with Crippen molar-refractivity contribution in [3.63, 3.8) is 0 Å². The third-order valence-corrected chi connectivity index (χ3v) is 8.79. The van der Waals surface area contributed by atoms with Crippen molar-refractivity contribution in [2.45, 2.75) is 42.0 Å². The molecular weight excluding hydrogens is 499 g/mol. The molecule has 0 saturated heterocycles. The summed E-state index contributed by atoms with van der Waals surface area (Å²) >= 11 is 0. The molecule has 1 N–H and O–H groups in total. The Morgan fingerprint density at radius 2 is 1.91 bits per heavy atom. The average Bonchev–Trinajstić information content (AvgIpc) is 2.88. The molecule has 12 heteroatoms. The Bertz CT molecular complexity index is 1340. The number of hydrogen-bond donors (Lipinski definition) is 1. The minimum absolute atomic E-state index is 0.123. The van der Waals surface area contributed by atoms with Crippen LogP contribution >= 0.6 is 0 Å². The molecule has 190 valence electrons. The van der Waals surface area contributed by atoms with Gasteiger partial charge in [-0.3, -0.25) is 0 Å². The van der Waals surface area contributed by atoms with Crippen molar-refractivity contribution in [1.29, 1.82) is 0 Å². The zero-order chi connectivity index (χ0) is 26.0. The molecule has 0 radical (unpaired) electrons. The number of sulfone groups is 1. The van der Waals surface area contributed by atoms with E-state index in [4.69, 9.17) is 9.84 Å². The number of hydrogen-bond acceptors (Lipinski definition) is 7. The van der Waals surface area contributed by atoms with E-state index in [0.29, 0.717) is 12.1 Å². The van der Waals surface area contributed by atoms with Gasteiger partial charge in [0.05, 0.1) is 5.69 Å². The molecule has 1 heterocycles. The van der Waals surface area contributed by atoms with Gasteiger partial charge in [-0.2, -0.15) is 8.70 Å².